The van der Waals surface area contributed by atoms with Crippen LogP contribution in [0.3, 0.4) is 0 Å². The number of nitrogens with one attached hydrogen (secondary N) is 2. The summed E-state index contributed by atoms with van der Waals surface area (Å²) in [7, 11) is 0. The molecule has 0 aromatic rings. The normalized spacial score (nSPS) is 16.7. The third-order valence-corrected chi connectivity index (χ3v) is 2.94. The average molecular weight is 257 g/mol. The lowest BCUT2D eigenvalue weighted by Gasteiger charge is -2.16. The number of carbonyl (C=O) groups is 3. The minimum absolute atomic E-state index is 0.0474. The Labute approximate surface area is 106 Å². The highest BCUT2D eigenvalue weighted by Crippen LogP contribution is 2.05. The number of imide groups is 1. The standard InChI is InChI=1S/C11H19N3O4/c1-2-8(3-4-15)5-12-9(16)7-14-10(17)6-13-11(14)18/h8,15H,2-7H2,1H3,(H,12,16)(H,13,18). The van der Waals surface area contributed by atoms with E-state index in [2.05, 4.69) is 10.6 Å². The zero-order valence-corrected chi connectivity index (χ0v) is 10.4. The number of rotatable bonds is 7. The molecule has 1 aliphatic heterocycles. The summed E-state index contributed by atoms with van der Waals surface area (Å²) < 4.78 is 0. The number of nitrogens with zero attached hydrogens (tertiary/aromatic N) is 1. The Bertz CT molecular complexity index is 316. The van der Waals surface area contributed by atoms with Gasteiger partial charge in [-0.3, -0.25) is 14.5 Å². The third kappa shape index (κ3) is 3.99. The molecule has 1 saturated heterocycles. The molecule has 18 heavy (non-hydrogen) atoms. The molecule has 4 amide bonds. The van der Waals surface area contributed by atoms with Gasteiger partial charge in [0.2, 0.25) is 5.91 Å². The van der Waals surface area contributed by atoms with E-state index in [1.54, 1.807) is 0 Å². The fraction of sp³-hybridized carbons (Fsp3) is 0.727. The molecule has 1 rings (SSSR count). The number of amides is 4. The van der Waals surface area contributed by atoms with Gasteiger partial charge < -0.3 is 15.7 Å². The molecule has 1 fully saturated rings. The van der Waals surface area contributed by atoms with Gasteiger partial charge in [0.1, 0.15) is 6.54 Å². The Hall–Kier alpha value is -1.63. The number of aliphatic hydroxyl groups excluding tert-OH is 1. The Morgan fingerprint density at radius 1 is 1.56 bits per heavy atom. The highest BCUT2D eigenvalue weighted by atomic mass is 16.3. The van der Waals surface area contributed by atoms with Gasteiger partial charge in [0.15, 0.2) is 0 Å². The van der Waals surface area contributed by atoms with Gasteiger partial charge in [0.25, 0.3) is 5.91 Å². The molecule has 1 unspecified atom stereocenters. The van der Waals surface area contributed by atoms with Gasteiger partial charge in [0, 0.05) is 13.2 Å². The summed E-state index contributed by atoms with van der Waals surface area (Å²) in [4.78, 5) is 34.9. The monoisotopic (exact) mass is 257 g/mol. The lowest BCUT2D eigenvalue weighted by Crippen LogP contribution is -2.42. The lowest BCUT2D eigenvalue weighted by atomic mass is 10.0. The molecule has 0 bridgehead atoms. The predicted molar refractivity (Wildman–Crippen MR) is 63.6 cm³/mol. The van der Waals surface area contributed by atoms with E-state index in [0.29, 0.717) is 13.0 Å². The summed E-state index contributed by atoms with van der Waals surface area (Å²) in [5, 5.41) is 13.8. The lowest BCUT2D eigenvalue weighted by molar-refractivity contribution is -0.130. The second kappa shape index (κ2) is 6.95. The first-order valence-corrected chi connectivity index (χ1v) is 6.04. The zero-order chi connectivity index (χ0) is 13.5. The smallest absolute Gasteiger partial charge is 0.325 e. The average Bonchev–Trinajstić information content (AvgIpc) is 2.66. The molecule has 7 heteroatoms. The van der Waals surface area contributed by atoms with Crippen molar-refractivity contribution in [2.75, 3.05) is 26.2 Å². The van der Waals surface area contributed by atoms with Gasteiger partial charge in [-0.1, -0.05) is 13.3 Å². The minimum Gasteiger partial charge on any atom is -0.396 e. The molecule has 1 heterocycles. The maximum absolute atomic E-state index is 11.6. The van der Waals surface area contributed by atoms with E-state index >= 15 is 0 Å². The van der Waals surface area contributed by atoms with Crippen LogP contribution in [0.2, 0.25) is 0 Å². The summed E-state index contributed by atoms with van der Waals surface area (Å²) in [5.41, 5.74) is 0. The van der Waals surface area contributed by atoms with Gasteiger partial charge >= 0.3 is 6.03 Å². The van der Waals surface area contributed by atoms with Gasteiger partial charge in [-0.05, 0) is 12.3 Å². The molecule has 0 saturated carbocycles. The molecule has 1 atom stereocenters. The Morgan fingerprint density at radius 2 is 2.28 bits per heavy atom. The number of urea groups is 1. The van der Waals surface area contributed by atoms with Crippen molar-refractivity contribution in [3.05, 3.63) is 0 Å². The van der Waals surface area contributed by atoms with Crippen molar-refractivity contribution in [3.63, 3.8) is 0 Å². The van der Waals surface area contributed by atoms with E-state index in [1.165, 1.54) is 0 Å². The summed E-state index contributed by atoms with van der Waals surface area (Å²) in [6.45, 7) is 2.21. The molecule has 0 spiro atoms. The van der Waals surface area contributed by atoms with Crippen LogP contribution in [0.25, 0.3) is 0 Å². The quantitative estimate of drug-likeness (QED) is 0.513. The van der Waals surface area contributed by atoms with Crippen molar-refractivity contribution < 1.29 is 19.5 Å². The fourth-order valence-corrected chi connectivity index (χ4v) is 1.71. The molecule has 0 radical (unpaired) electrons. The van der Waals surface area contributed by atoms with Gasteiger partial charge in [0.05, 0.1) is 6.54 Å². The molecule has 102 valence electrons. The Morgan fingerprint density at radius 3 is 2.78 bits per heavy atom. The maximum atomic E-state index is 11.6. The van der Waals surface area contributed by atoms with Gasteiger partial charge in [-0.25, -0.2) is 4.79 Å². The van der Waals surface area contributed by atoms with Crippen LogP contribution in [0.5, 0.6) is 0 Å². The van der Waals surface area contributed by atoms with E-state index in [4.69, 9.17) is 5.11 Å². The predicted octanol–water partition coefficient (Wildman–Crippen LogP) is -0.937. The molecule has 1 aliphatic rings. The van der Waals surface area contributed by atoms with Crippen molar-refractivity contribution in [2.24, 2.45) is 5.92 Å². The van der Waals surface area contributed by atoms with Crippen LogP contribution in [-0.2, 0) is 9.59 Å². The number of carbonyl (C=O) groups excluding carboxylic acids is 3. The van der Waals surface area contributed by atoms with Crippen LogP contribution < -0.4 is 10.6 Å². The highest BCUT2D eigenvalue weighted by molar-refractivity contribution is 6.04. The summed E-state index contributed by atoms with van der Waals surface area (Å²) in [5.74, 6) is -0.545. The summed E-state index contributed by atoms with van der Waals surface area (Å²) >= 11 is 0. The van der Waals surface area contributed by atoms with Crippen molar-refractivity contribution in [3.8, 4) is 0 Å². The number of hydrogen-bond acceptors (Lipinski definition) is 4. The largest absolute Gasteiger partial charge is 0.396 e. The Kier molecular flexibility index (Phi) is 5.57. The van der Waals surface area contributed by atoms with Crippen molar-refractivity contribution >= 4 is 17.8 Å². The van der Waals surface area contributed by atoms with Crippen LogP contribution in [0.15, 0.2) is 0 Å². The van der Waals surface area contributed by atoms with Crippen LogP contribution in [0.1, 0.15) is 19.8 Å². The zero-order valence-electron chi connectivity index (χ0n) is 10.4. The van der Waals surface area contributed by atoms with Crippen LogP contribution in [-0.4, -0.2) is 54.1 Å². The molecular weight excluding hydrogens is 238 g/mol. The molecule has 3 N–H and O–H groups in total. The minimum atomic E-state index is -0.530. The number of aliphatic hydroxyl groups is 1. The van der Waals surface area contributed by atoms with Crippen molar-refractivity contribution in [1.29, 1.82) is 0 Å². The van der Waals surface area contributed by atoms with Crippen molar-refractivity contribution in [1.82, 2.24) is 15.5 Å². The molecule has 0 aromatic heterocycles. The topological polar surface area (TPSA) is 98.7 Å². The van der Waals surface area contributed by atoms with Gasteiger partial charge in [-0.2, -0.15) is 0 Å². The molecule has 0 aromatic carbocycles. The first-order valence-electron chi connectivity index (χ1n) is 6.04. The van der Waals surface area contributed by atoms with Crippen LogP contribution in [0, 0.1) is 5.92 Å². The first kappa shape index (κ1) is 14.4. The summed E-state index contributed by atoms with van der Waals surface area (Å²) in [6.07, 6.45) is 1.48. The Balaban J connectivity index is 2.33. The SMILES string of the molecule is CCC(CCO)CNC(=O)CN1C(=O)CNC1=O. The second-order valence-corrected chi connectivity index (χ2v) is 4.23. The third-order valence-electron chi connectivity index (χ3n) is 2.94. The number of hydrogen-bond donors (Lipinski definition) is 3. The van der Waals surface area contributed by atoms with Crippen molar-refractivity contribution in [2.45, 2.75) is 19.8 Å². The van der Waals surface area contributed by atoms with Gasteiger partial charge in [-0.15, -0.1) is 0 Å². The van der Waals surface area contributed by atoms with Crippen LogP contribution >= 0.6 is 0 Å². The first-order chi connectivity index (χ1) is 8.58. The fourth-order valence-electron chi connectivity index (χ4n) is 1.71. The second-order valence-electron chi connectivity index (χ2n) is 4.23. The van der Waals surface area contributed by atoms with E-state index in [0.717, 1.165) is 11.3 Å². The van der Waals surface area contributed by atoms with E-state index in [-0.39, 0.29) is 31.5 Å². The maximum Gasteiger partial charge on any atom is 0.325 e. The highest BCUT2D eigenvalue weighted by Gasteiger charge is 2.30. The molecular formula is C11H19N3O4. The van der Waals surface area contributed by atoms with E-state index in [9.17, 15) is 14.4 Å². The molecule has 7 nitrogen and oxygen atoms in total. The van der Waals surface area contributed by atoms with E-state index in [1.807, 2.05) is 6.92 Å². The van der Waals surface area contributed by atoms with E-state index < -0.39 is 11.9 Å². The van der Waals surface area contributed by atoms with Crippen LogP contribution in [0.4, 0.5) is 4.79 Å². The summed E-state index contributed by atoms with van der Waals surface area (Å²) in [6, 6.07) is -0.530. The molecule has 0 aliphatic carbocycles.